The predicted octanol–water partition coefficient (Wildman–Crippen LogP) is 5.08. The van der Waals surface area contributed by atoms with Gasteiger partial charge in [0.15, 0.2) is 11.2 Å². The maximum atomic E-state index is 12.4. The molecule has 2 fully saturated rings. The van der Waals surface area contributed by atoms with Crippen LogP contribution in [0.3, 0.4) is 0 Å². The molecular formula is C23H36O4. The lowest BCUT2D eigenvalue weighted by molar-refractivity contribution is -0.384. The third-order valence-electron chi connectivity index (χ3n) is 6.21. The van der Waals surface area contributed by atoms with Crippen molar-refractivity contribution in [2.45, 2.75) is 92.0 Å². The van der Waals surface area contributed by atoms with Crippen molar-refractivity contribution in [3.8, 4) is 11.8 Å². The number of fused-ring (bicyclic) bond motifs is 2. The summed E-state index contributed by atoms with van der Waals surface area (Å²) >= 11 is 0. The van der Waals surface area contributed by atoms with Crippen LogP contribution in [0.4, 0.5) is 0 Å². The smallest absolute Gasteiger partial charge is 0.334 e. The highest BCUT2D eigenvalue weighted by Gasteiger charge is 2.63. The van der Waals surface area contributed by atoms with Gasteiger partial charge in [0.25, 0.3) is 0 Å². The summed E-state index contributed by atoms with van der Waals surface area (Å²) in [6.07, 6.45) is 1.79. The van der Waals surface area contributed by atoms with Crippen molar-refractivity contribution < 1.29 is 19.3 Å². The van der Waals surface area contributed by atoms with Gasteiger partial charge >= 0.3 is 5.97 Å². The van der Waals surface area contributed by atoms with E-state index in [1.54, 1.807) is 6.92 Å². The first kappa shape index (κ1) is 22.0. The minimum atomic E-state index is -0.809. The molecule has 2 saturated carbocycles. The molecule has 0 radical (unpaired) electrons. The Morgan fingerprint density at radius 3 is 2.19 bits per heavy atom. The zero-order chi connectivity index (χ0) is 20.8. The highest BCUT2D eigenvalue weighted by atomic mass is 17.2. The van der Waals surface area contributed by atoms with Gasteiger partial charge in [0.05, 0.1) is 5.60 Å². The third kappa shape index (κ3) is 4.58. The summed E-state index contributed by atoms with van der Waals surface area (Å²) in [7, 11) is 0. The fourth-order valence-corrected chi connectivity index (χ4v) is 4.21. The van der Waals surface area contributed by atoms with E-state index < -0.39 is 16.8 Å². The molecule has 2 bridgehead atoms. The van der Waals surface area contributed by atoms with Gasteiger partial charge in [0, 0.05) is 17.9 Å². The summed E-state index contributed by atoms with van der Waals surface area (Å²) in [6, 6.07) is 0. The minimum absolute atomic E-state index is 0.215. The lowest BCUT2D eigenvalue weighted by atomic mass is 9.64. The monoisotopic (exact) mass is 376 g/mol. The van der Waals surface area contributed by atoms with Crippen LogP contribution in [-0.2, 0) is 19.3 Å². The molecule has 4 atom stereocenters. The molecule has 0 aromatic rings. The van der Waals surface area contributed by atoms with Gasteiger partial charge in [-0.3, -0.25) is 0 Å². The standard InChI is InChI=1S/C23H36O4/c1-15(2)19(24)25-23(12-11-21(7,8)27-26-20(4,5)6)14-17-13-18(23)16(3)22(17,9)10/h16-18H,1,13-14H2,2-10H3/t16-,17-,18+,23+/m1/s1. The number of hydrogen-bond donors (Lipinski definition) is 0. The van der Waals surface area contributed by atoms with Crippen molar-refractivity contribution in [2.75, 3.05) is 0 Å². The van der Waals surface area contributed by atoms with E-state index in [1.165, 1.54) is 0 Å². The maximum absolute atomic E-state index is 12.4. The largest absolute Gasteiger partial charge is 0.442 e. The molecule has 0 heterocycles. The molecule has 4 heteroatoms. The first-order valence-electron chi connectivity index (χ1n) is 9.90. The van der Waals surface area contributed by atoms with E-state index >= 15 is 0 Å². The van der Waals surface area contributed by atoms with E-state index in [0.717, 1.165) is 12.8 Å². The van der Waals surface area contributed by atoms with Gasteiger partial charge in [-0.2, -0.15) is 0 Å². The number of rotatable bonds is 4. The second-order valence-corrected chi connectivity index (χ2v) is 10.5. The summed E-state index contributed by atoms with van der Waals surface area (Å²) in [5, 5.41) is 0. The van der Waals surface area contributed by atoms with Crippen molar-refractivity contribution in [2.24, 2.45) is 23.2 Å². The molecule has 2 aliphatic rings. The van der Waals surface area contributed by atoms with Crippen LogP contribution in [0.1, 0.15) is 75.2 Å². The van der Waals surface area contributed by atoms with E-state index in [4.69, 9.17) is 14.5 Å². The summed E-state index contributed by atoms with van der Waals surface area (Å²) in [5.41, 5.74) is -1.38. The number of ether oxygens (including phenoxy) is 1. The van der Waals surface area contributed by atoms with Crippen LogP contribution >= 0.6 is 0 Å². The van der Waals surface area contributed by atoms with E-state index in [2.05, 4.69) is 39.2 Å². The molecule has 0 aliphatic heterocycles. The van der Waals surface area contributed by atoms with E-state index in [-0.39, 0.29) is 17.3 Å². The molecule has 0 aromatic carbocycles. The molecule has 0 amide bonds. The quantitative estimate of drug-likeness (QED) is 0.226. The van der Waals surface area contributed by atoms with Gasteiger partial charge in [-0.15, -0.1) is 0 Å². The first-order valence-corrected chi connectivity index (χ1v) is 9.90. The summed E-state index contributed by atoms with van der Waals surface area (Å²) in [4.78, 5) is 23.4. The van der Waals surface area contributed by atoms with Gasteiger partial charge in [0.2, 0.25) is 0 Å². The molecule has 4 nitrogen and oxygen atoms in total. The highest BCUT2D eigenvalue weighted by molar-refractivity contribution is 5.87. The van der Waals surface area contributed by atoms with Crippen LogP contribution < -0.4 is 0 Å². The first-order chi connectivity index (χ1) is 12.1. The topological polar surface area (TPSA) is 44.8 Å². The van der Waals surface area contributed by atoms with Crippen molar-refractivity contribution >= 4 is 5.97 Å². The average molecular weight is 377 g/mol. The van der Waals surface area contributed by atoms with E-state index in [1.807, 2.05) is 34.6 Å². The molecule has 2 aliphatic carbocycles. The van der Waals surface area contributed by atoms with Gasteiger partial charge in [-0.05, 0) is 65.2 Å². The zero-order valence-corrected chi connectivity index (χ0v) is 18.5. The third-order valence-corrected chi connectivity index (χ3v) is 6.21. The number of esters is 1. The second kappa shape index (κ2) is 6.94. The Morgan fingerprint density at radius 1 is 1.15 bits per heavy atom. The van der Waals surface area contributed by atoms with Gasteiger partial charge in [0.1, 0.15) is 0 Å². The predicted molar refractivity (Wildman–Crippen MR) is 107 cm³/mol. The van der Waals surface area contributed by atoms with Gasteiger partial charge in [-0.25, -0.2) is 14.6 Å². The van der Waals surface area contributed by atoms with Crippen LogP contribution in [0.25, 0.3) is 0 Å². The van der Waals surface area contributed by atoms with Crippen molar-refractivity contribution in [1.82, 2.24) is 0 Å². The molecule has 0 aromatic heterocycles. The van der Waals surface area contributed by atoms with Crippen LogP contribution in [0, 0.1) is 35.0 Å². The lowest BCUT2D eigenvalue weighted by Crippen LogP contribution is -2.47. The molecule has 0 spiro atoms. The highest BCUT2D eigenvalue weighted by Crippen LogP contribution is 2.63. The summed E-state index contributed by atoms with van der Waals surface area (Å²) in [5.74, 6) is 7.25. The van der Waals surface area contributed by atoms with E-state index in [9.17, 15) is 4.79 Å². The lowest BCUT2D eigenvalue weighted by Gasteiger charge is -2.44. The number of hydrogen-bond acceptors (Lipinski definition) is 4. The normalized spacial score (nSPS) is 32.0. The van der Waals surface area contributed by atoms with Crippen molar-refractivity contribution in [1.29, 1.82) is 0 Å². The summed E-state index contributed by atoms with van der Waals surface area (Å²) in [6.45, 7) is 21.8. The van der Waals surface area contributed by atoms with Crippen LogP contribution in [0.2, 0.25) is 0 Å². The maximum Gasteiger partial charge on any atom is 0.334 e. The molecule has 27 heavy (non-hydrogen) atoms. The van der Waals surface area contributed by atoms with Crippen LogP contribution in [-0.4, -0.2) is 22.8 Å². The molecular weight excluding hydrogens is 340 g/mol. The van der Waals surface area contributed by atoms with Gasteiger partial charge in [-0.1, -0.05) is 39.2 Å². The Balaban J connectivity index is 2.32. The van der Waals surface area contributed by atoms with Crippen LogP contribution in [0.5, 0.6) is 0 Å². The Bertz CT molecular complexity index is 667. The van der Waals surface area contributed by atoms with Gasteiger partial charge < -0.3 is 4.74 Å². The van der Waals surface area contributed by atoms with Crippen molar-refractivity contribution in [3.63, 3.8) is 0 Å². The summed E-state index contributed by atoms with van der Waals surface area (Å²) < 4.78 is 5.99. The van der Waals surface area contributed by atoms with Crippen molar-refractivity contribution in [3.05, 3.63) is 12.2 Å². The molecule has 0 saturated heterocycles. The molecule has 0 unspecified atom stereocenters. The zero-order valence-electron chi connectivity index (χ0n) is 18.5. The van der Waals surface area contributed by atoms with Crippen LogP contribution in [0.15, 0.2) is 12.2 Å². The minimum Gasteiger partial charge on any atom is -0.442 e. The number of carbonyl (C=O) groups is 1. The Labute approximate surface area is 164 Å². The Kier molecular flexibility index (Phi) is 5.65. The molecule has 0 N–H and O–H groups in total. The fourth-order valence-electron chi connectivity index (χ4n) is 4.21. The second-order valence-electron chi connectivity index (χ2n) is 10.5. The Morgan fingerprint density at radius 2 is 1.74 bits per heavy atom. The average Bonchev–Trinajstić information content (AvgIpc) is 2.99. The fraction of sp³-hybridized carbons (Fsp3) is 0.783. The number of carbonyl (C=O) groups excluding carboxylic acids is 1. The molecule has 152 valence electrons. The van der Waals surface area contributed by atoms with E-state index in [0.29, 0.717) is 17.4 Å². The Hall–Kier alpha value is -1.31. The SMILES string of the molecule is C=C(C)C(=O)O[C@@]1(C#CC(C)(C)OOC(C)(C)C)C[C@H]2C[C@H]1[C@@H](C)C2(C)C. The molecule has 2 rings (SSSR count).